The van der Waals surface area contributed by atoms with Crippen LogP contribution >= 0.6 is 22.7 Å². The van der Waals surface area contributed by atoms with Gasteiger partial charge in [0.05, 0.1) is 21.1 Å². The van der Waals surface area contributed by atoms with Crippen LogP contribution in [0.15, 0.2) is 126 Å². The summed E-state index contributed by atoms with van der Waals surface area (Å²) in [4.78, 5) is 16.6. The van der Waals surface area contributed by atoms with Crippen LogP contribution in [0.25, 0.3) is 43.4 Å². The summed E-state index contributed by atoms with van der Waals surface area (Å²) in [6.07, 6.45) is 0. The van der Waals surface area contributed by atoms with Crippen molar-refractivity contribution in [1.82, 2.24) is 9.97 Å². The maximum atomic E-state index is 4.98. The van der Waals surface area contributed by atoms with E-state index in [1.165, 1.54) is 10.4 Å². The van der Waals surface area contributed by atoms with Gasteiger partial charge >= 0.3 is 0 Å². The monoisotopic (exact) mass is 487 g/mol. The van der Waals surface area contributed by atoms with Crippen molar-refractivity contribution in [2.24, 2.45) is 4.99 Å². The van der Waals surface area contributed by atoms with E-state index in [0.29, 0.717) is 0 Å². The van der Waals surface area contributed by atoms with Gasteiger partial charge in [0.25, 0.3) is 0 Å². The molecular formula is C30H21N3S2. The van der Waals surface area contributed by atoms with Gasteiger partial charge in [-0.1, -0.05) is 144 Å². The van der Waals surface area contributed by atoms with Gasteiger partial charge in [-0.15, -0.1) is 0 Å². The van der Waals surface area contributed by atoms with E-state index in [-0.39, 0.29) is 0 Å². The van der Waals surface area contributed by atoms with Gasteiger partial charge in [-0.2, -0.15) is 4.99 Å². The fourth-order valence-corrected chi connectivity index (χ4v) is 6.04. The largest absolute Gasteiger partial charge is 0.330 e. The van der Waals surface area contributed by atoms with Crippen LogP contribution in [-0.2, 0) is 0 Å². The number of nitrogens with one attached hydrogen (secondary N) is 1. The molecular weight excluding hydrogens is 466 g/mol. The van der Waals surface area contributed by atoms with E-state index in [0.717, 1.165) is 42.9 Å². The average Bonchev–Trinajstić information content (AvgIpc) is 3.56. The van der Waals surface area contributed by atoms with Gasteiger partial charge < -0.3 is 4.98 Å². The van der Waals surface area contributed by atoms with E-state index >= 15 is 0 Å². The molecule has 4 aromatic carbocycles. The maximum absolute atomic E-state index is 4.98. The Bertz CT molecular complexity index is 1500. The van der Waals surface area contributed by atoms with Gasteiger partial charge in [-0.05, 0) is 16.7 Å². The lowest BCUT2D eigenvalue weighted by Gasteiger charge is -2.03. The van der Waals surface area contributed by atoms with Gasteiger partial charge in [0.1, 0.15) is 0 Å². The normalized spacial score (nSPS) is 11.6. The maximum Gasteiger partial charge on any atom is 0.212 e. The molecule has 0 spiro atoms. The number of nitrogens with zero attached hydrogens (tertiary/aromatic N) is 2. The third-order valence-corrected chi connectivity index (χ3v) is 7.68. The van der Waals surface area contributed by atoms with Crippen molar-refractivity contribution in [3.63, 3.8) is 0 Å². The van der Waals surface area contributed by atoms with Gasteiger partial charge in [0.15, 0.2) is 4.80 Å². The van der Waals surface area contributed by atoms with Crippen LogP contribution in [0.3, 0.4) is 0 Å². The predicted molar refractivity (Wildman–Crippen MR) is 148 cm³/mol. The molecule has 0 atom stereocenters. The van der Waals surface area contributed by atoms with Crippen molar-refractivity contribution in [1.29, 1.82) is 0 Å². The molecule has 1 N–H and O–H groups in total. The fraction of sp³-hybridized carbons (Fsp3) is 0. The predicted octanol–water partition coefficient (Wildman–Crippen LogP) is 8.43. The summed E-state index contributed by atoms with van der Waals surface area (Å²) < 4.78 is 0. The Labute approximate surface area is 211 Å². The van der Waals surface area contributed by atoms with Crippen molar-refractivity contribution >= 4 is 27.8 Å². The lowest BCUT2D eigenvalue weighted by atomic mass is 10.1. The standard InChI is InChI=1S/C30H21N3S2/c1-5-13-21(14-6-1)25-27(23-17-9-3-10-18-23)34-29(31-25)33-30-32-26(22-15-7-2-8-16-22)28(35-30)24-19-11-4-12-20-24/h1-20H,(H,31,32,33). The lowest BCUT2D eigenvalue weighted by Crippen LogP contribution is -1.96. The van der Waals surface area contributed by atoms with Gasteiger partial charge in [0.2, 0.25) is 5.13 Å². The summed E-state index contributed by atoms with van der Waals surface area (Å²) in [7, 11) is 0. The first-order valence-electron chi connectivity index (χ1n) is 11.4. The van der Waals surface area contributed by atoms with E-state index in [4.69, 9.17) is 9.98 Å². The first-order chi connectivity index (χ1) is 17.3. The van der Waals surface area contributed by atoms with E-state index in [1.54, 1.807) is 22.7 Å². The number of thiazole rings is 2. The zero-order chi connectivity index (χ0) is 23.5. The van der Waals surface area contributed by atoms with Crippen molar-refractivity contribution in [2.75, 3.05) is 0 Å². The average molecular weight is 488 g/mol. The summed E-state index contributed by atoms with van der Waals surface area (Å²) in [6, 6.07) is 41.6. The Balaban J connectivity index is 1.51. The minimum absolute atomic E-state index is 0.736. The van der Waals surface area contributed by atoms with Crippen LogP contribution in [0.5, 0.6) is 0 Å². The summed E-state index contributed by atoms with van der Waals surface area (Å²) >= 11 is 3.27. The first-order valence-corrected chi connectivity index (χ1v) is 13.0. The molecule has 6 rings (SSSR count). The third kappa shape index (κ3) is 4.52. The number of benzene rings is 4. The number of rotatable bonds is 5. The molecule has 0 aliphatic rings. The molecule has 0 bridgehead atoms. The quantitative estimate of drug-likeness (QED) is 0.260. The minimum Gasteiger partial charge on any atom is -0.330 e. The van der Waals surface area contributed by atoms with Crippen LogP contribution in [0.4, 0.5) is 5.13 Å². The van der Waals surface area contributed by atoms with Crippen LogP contribution < -0.4 is 4.80 Å². The molecule has 168 valence electrons. The van der Waals surface area contributed by atoms with Crippen LogP contribution in [-0.4, -0.2) is 9.97 Å². The molecule has 0 aliphatic carbocycles. The molecule has 0 radical (unpaired) electrons. The van der Waals surface area contributed by atoms with Crippen molar-refractivity contribution in [2.45, 2.75) is 0 Å². The Morgan fingerprint density at radius 3 is 1.57 bits per heavy atom. The summed E-state index contributed by atoms with van der Waals surface area (Å²) in [5.41, 5.74) is 6.58. The number of hydrogen-bond acceptors (Lipinski definition) is 4. The van der Waals surface area contributed by atoms with Crippen molar-refractivity contribution < 1.29 is 0 Å². The lowest BCUT2D eigenvalue weighted by molar-refractivity contribution is 1.21. The molecule has 0 amide bonds. The highest BCUT2D eigenvalue weighted by Gasteiger charge is 2.16. The van der Waals surface area contributed by atoms with E-state index < -0.39 is 0 Å². The molecule has 0 fully saturated rings. The summed E-state index contributed by atoms with van der Waals surface area (Å²) in [5.74, 6) is 0. The number of aromatic amines is 1. The van der Waals surface area contributed by atoms with Crippen LogP contribution in [0, 0.1) is 0 Å². The number of aromatic nitrogens is 2. The van der Waals surface area contributed by atoms with E-state index in [1.807, 2.05) is 36.4 Å². The highest BCUT2D eigenvalue weighted by atomic mass is 32.1. The fourth-order valence-electron chi connectivity index (χ4n) is 4.01. The van der Waals surface area contributed by atoms with Crippen molar-refractivity contribution in [3.05, 3.63) is 126 Å². The Hall–Kier alpha value is -4.06. The molecule has 5 heteroatoms. The third-order valence-electron chi connectivity index (χ3n) is 5.65. The second kappa shape index (κ2) is 9.66. The molecule has 35 heavy (non-hydrogen) atoms. The first kappa shape index (κ1) is 21.5. The van der Waals surface area contributed by atoms with Gasteiger partial charge in [-0.25, -0.2) is 4.98 Å². The van der Waals surface area contributed by atoms with Crippen molar-refractivity contribution in [3.8, 4) is 43.4 Å². The topological polar surface area (TPSA) is 41.0 Å². The molecule has 0 saturated heterocycles. The number of H-pyrrole nitrogens is 1. The number of hydrogen-bond donors (Lipinski definition) is 1. The highest BCUT2D eigenvalue weighted by Crippen LogP contribution is 2.40. The molecule has 6 aromatic rings. The Morgan fingerprint density at radius 1 is 0.514 bits per heavy atom. The molecule has 2 aromatic heterocycles. The second-order valence-electron chi connectivity index (χ2n) is 7.99. The Morgan fingerprint density at radius 2 is 1.00 bits per heavy atom. The zero-order valence-electron chi connectivity index (χ0n) is 18.8. The van der Waals surface area contributed by atoms with Gasteiger partial charge in [-0.3, -0.25) is 0 Å². The summed E-state index contributed by atoms with van der Waals surface area (Å²) in [5, 5.41) is 0.736. The van der Waals surface area contributed by atoms with E-state index in [2.05, 4.69) is 89.9 Å². The Kier molecular flexibility index (Phi) is 5.93. The second-order valence-corrected chi connectivity index (χ2v) is 9.96. The zero-order valence-corrected chi connectivity index (χ0v) is 20.4. The van der Waals surface area contributed by atoms with Crippen LogP contribution in [0.1, 0.15) is 0 Å². The molecule has 2 heterocycles. The highest BCUT2D eigenvalue weighted by molar-refractivity contribution is 7.19. The SMILES string of the molecule is c1ccc(-c2nc(/N=c3\[nH]c(-c4ccccc4)c(-c4ccccc4)s3)sc2-c2ccccc2)cc1. The molecule has 0 saturated carbocycles. The molecule has 3 nitrogen and oxygen atoms in total. The van der Waals surface area contributed by atoms with Crippen LogP contribution in [0.2, 0.25) is 0 Å². The molecule has 0 aliphatic heterocycles. The molecule has 0 unspecified atom stereocenters. The smallest absolute Gasteiger partial charge is 0.212 e. The summed E-state index contributed by atoms with van der Waals surface area (Å²) in [6.45, 7) is 0. The van der Waals surface area contributed by atoms with Gasteiger partial charge in [0, 0.05) is 5.56 Å². The van der Waals surface area contributed by atoms with E-state index in [9.17, 15) is 0 Å². The minimum atomic E-state index is 0.736.